The molecule has 0 aliphatic heterocycles. The number of aliphatic hydroxyl groups is 1. The Morgan fingerprint density at radius 2 is 1.81 bits per heavy atom. The number of alkyl halides is 3. The van der Waals surface area contributed by atoms with Gasteiger partial charge >= 0.3 is 6.18 Å². The van der Waals surface area contributed by atoms with Crippen LogP contribution in [-0.4, -0.2) is 30.3 Å². The van der Waals surface area contributed by atoms with Crippen molar-refractivity contribution in [2.75, 3.05) is 5.32 Å². The van der Waals surface area contributed by atoms with Crippen LogP contribution < -0.4 is 5.32 Å². The van der Waals surface area contributed by atoms with E-state index in [1.54, 1.807) is 7.05 Å². The van der Waals surface area contributed by atoms with Crippen molar-refractivity contribution in [1.29, 1.82) is 0 Å². The average Bonchev–Trinajstić information content (AvgIpc) is 3.52. The van der Waals surface area contributed by atoms with Gasteiger partial charge in [-0.15, -0.1) is 0 Å². The second kappa shape index (κ2) is 8.99. The maximum atomic E-state index is 13.5. The molecule has 2 saturated carbocycles. The number of amides is 1. The zero-order valence-corrected chi connectivity index (χ0v) is 21.3. The van der Waals surface area contributed by atoms with Gasteiger partial charge in [0.2, 0.25) is 5.28 Å². The Morgan fingerprint density at radius 3 is 2.38 bits per heavy atom. The fourth-order valence-electron chi connectivity index (χ4n) is 5.95. The molecule has 7 nitrogen and oxygen atoms in total. The predicted octanol–water partition coefficient (Wildman–Crippen LogP) is 5.66. The normalized spacial score (nSPS) is 25.5. The number of imidazole rings is 1. The van der Waals surface area contributed by atoms with Crippen molar-refractivity contribution in [3.63, 3.8) is 0 Å². The van der Waals surface area contributed by atoms with Crippen LogP contribution in [0.1, 0.15) is 59.2 Å². The molecule has 2 atom stereocenters. The van der Waals surface area contributed by atoms with E-state index in [1.807, 2.05) is 0 Å². The van der Waals surface area contributed by atoms with Crippen molar-refractivity contribution in [3.05, 3.63) is 63.2 Å². The third kappa shape index (κ3) is 4.61. The van der Waals surface area contributed by atoms with Gasteiger partial charge in [-0.05, 0) is 73.4 Å². The first-order valence-corrected chi connectivity index (χ1v) is 12.3. The van der Waals surface area contributed by atoms with Crippen LogP contribution in [0, 0.1) is 17.7 Å². The minimum Gasteiger partial charge on any atom is -0.384 e. The molecule has 5 rings (SSSR count). The number of carbonyl (C=O) groups is 1. The maximum absolute atomic E-state index is 13.5. The summed E-state index contributed by atoms with van der Waals surface area (Å²) >= 11 is 12.1. The highest BCUT2D eigenvalue weighted by molar-refractivity contribution is 6.31. The number of fused-ring (bicyclic) bond motifs is 1. The lowest BCUT2D eigenvalue weighted by atomic mass is 9.90. The number of hydrogen-bond donors (Lipinski definition) is 2. The number of benzene rings is 1. The third-order valence-corrected chi connectivity index (χ3v) is 8.16. The molecule has 2 N–H and O–H groups in total. The zero-order chi connectivity index (χ0) is 26.9. The number of nitrogens with one attached hydrogen (secondary N) is 1. The summed E-state index contributed by atoms with van der Waals surface area (Å²) in [6.07, 6.45) is -2.86. The van der Waals surface area contributed by atoms with Gasteiger partial charge in [0, 0.05) is 25.7 Å². The molecular formula is C24H23Cl2F4N5O2. The van der Waals surface area contributed by atoms with E-state index in [0.717, 1.165) is 16.8 Å². The van der Waals surface area contributed by atoms with Gasteiger partial charge < -0.3 is 15.0 Å². The number of aromatic nitrogens is 4. The molecule has 1 aromatic carbocycles. The second-order valence-electron chi connectivity index (χ2n) is 9.92. The van der Waals surface area contributed by atoms with E-state index in [4.69, 9.17) is 23.2 Å². The Hall–Kier alpha value is -2.63. The van der Waals surface area contributed by atoms with Gasteiger partial charge in [0.1, 0.15) is 17.1 Å². The molecule has 2 fully saturated rings. The fourth-order valence-corrected chi connectivity index (χ4v) is 6.30. The van der Waals surface area contributed by atoms with E-state index < -0.39 is 29.2 Å². The molecule has 1 amide bonds. The van der Waals surface area contributed by atoms with E-state index in [0.29, 0.717) is 24.2 Å². The number of rotatable bonds is 4. The fraction of sp³-hybridized carbons (Fsp3) is 0.458. The van der Waals surface area contributed by atoms with Gasteiger partial charge in [-0.3, -0.25) is 9.48 Å². The smallest absolute Gasteiger partial charge is 0.384 e. The van der Waals surface area contributed by atoms with Crippen LogP contribution in [0.5, 0.6) is 0 Å². The highest BCUT2D eigenvalue weighted by atomic mass is 35.5. The van der Waals surface area contributed by atoms with Crippen molar-refractivity contribution in [3.8, 4) is 0 Å². The molecule has 0 bridgehead atoms. The minimum atomic E-state index is -4.60. The average molecular weight is 560 g/mol. The number of halogens is 6. The first kappa shape index (κ1) is 26.0. The number of nitrogens with zero attached hydrogens (tertiary/aromatic N) is 4. The summed E-state index contributed by atoms with van der Waals surface area (Å²) in [5, 5.41) is 17.6. The van der Waals surface area contributed by atoms with Crippen molar-refractivity contribution >= 4 is 34.8 Å². The monoisotopic (exact) mass is 559 g/mol. The molecule has 2 unspecified atom stereocenters. The quantitative estimate of drug-likeness (QED) is 0.404. The van der Waals surface area contributed by atoms with Crippen molar-refractivity contribution in [2.45, 2.75) is 43.4 Å². The topological polar surface area (TPSA) is 85.0 Å². The Balaban J connectivity index is 1.35. The molecule has 0 radical (unpaired) electrons. The molecule has 0 saturated heterocycles. The van der Waals surface area contributed by atoms with Gasteiger partial charge in [0.05, 0.1) is 16.4 Å². The molecule has 0 spiro atoms. The number of aryl methyl sites for hydroxylation is 1. The lowest BCUT2D eigenvalue weighted by molar-refractivity contribution is -0.141. The number of hydrogen-bond acceptors (Lipinski definition) is 4. The van der Waals surface area contributed by atoms with Gasteiger partial charge in [0.15, 0.2) is 5.69 Å². The van der Waals surface area contributed by atoms with Crippen molar-refractivity contribution in [2.24, 2.45) is 25.9 Å². The first-order chi connectivity index (χ1) is 17.3. The SMILES string of the molecule is Cn1nc(C(F)(F)F)cc1C1(O)CC2CC(c3nc(Cl)n(C)c3C(=O)Nc3ccc(F)c(Cl)c3)CC2C1. The summed E-state index contributed by atoms with van der Waals surface area (Å²) in [4.78, 5) is 17.6. The Kier molecular flexibility index (Phi) is 6.32. The van der Waals surface area contributed by atoms with Gasteiger partial charge in [-0.1, -0.05) is 11.6 Å². The summed E-state index contributed by atoms with van der Waals surface area (Å²) < 4.78 is 55.5. The number of carbonyl (C=O) groups excluding carboxylic acids is 1. The van der Waals surface area contributed by atoms with E-state index in [2.05, 4.69) is 15.4 Å². The largest absolute Gasteiger partial charge is 0.435 e. The summed E-state index contributed by atoms with van der Waals surface area (Å²) in [5.74, 6) is -1.18. The van der Waals surface area contributed by atoms with Crippen LogP contribution >= 0.6 is 23.2 Å². The molecule has 198 valence electrons. The van der Waals surface area contributed by atoms with Crippen LogP contribution in [0.2, 0.25) is 10.3 Å². The van der Waals surface area contributed by atoms with Crippen LogP contribution in [0.3, 0.4) is 0 Å². The van der Waals surface area contributed by atoms with Crippen LogP contribution in [0.25, 0.3) is 0 Å². The van der Waals surface area contributed by atoms with Gasteiger partial charge in [0.25, 0.3) is 5.91 Å². The Morgan fingerprint density at radius 1 is 1.16 bits per heavy atom. The van der Waals surface area contributed by atoms with E-state index >= 15 is 0 Å². The summed E-state index contributed by atoms with van der Waals surface area (Å²) in [5.41, 5.74) is -1.24. The molecular weight excluding hydrogens is 537 g/mol. The van der Waals surface area contributed by atoms with Crippen LogP contribution in [0.4, 0.5) is 23.2 Å². The van der Waals surface area contributed by atoms with Crippen molar-refractivity contribution in [1.82, 2.24) is 19.3 Å². The molecule has 13 heteroatoms. The predicted molar refractivity (Wildman–Crippen MR) is 128 cm³/mol. The Bertz CT molecular complexity index is 1370. The molecule has 2 aromatic heterocycles. The molecule has 37 heavy (non-hydrogen) atoms. The molecule has 2 aliphatic carbocycles. The summed E-state index contributed by atoms with van der Waals surface area (Å²) in [6.45, 7) is 0. The minimum absolute atomic E-state index is 0.0202. The van der Waals surface area contributed by atoms with E-state index in [9.17, 15) is 27.5 Å². The van der Waals surface area contributed by atoms with Crippen LogP contribution in [0.15, 0.2) is 24.3 Å². The highest BCUT2D eigenvalue weighted by Gasteiger charge is 2.52. The Labute approximate surface area is 219 Å². The summed E-state index contributed by atoms with van der Waals surface area (Å²) in [6, 6.07) is 4.76. The number of anilines is 1. The van der Waals surface area contributed by atoms with Crippen molar-refractivity contribution < 1.29 is 27.5 Å². The lowest BCUT2D eigenvalue weighted by Gasteiger charge is -2.25. The summed E-state index contributed by atoms with van der Waals surface area (Å²) in [7, 11) is 3.01. The first-order valence-electron chi connectivity index (χ1n) is 11.6. The van der Waals surface area contributed by atoms with E-state index in [1.165, 1.54) is 23.7 Å². The highest BCUT2D eigenvalue weighted by Crippen LogP contribution is 2.57. The zero-order valence-electron chi connectivity index (χ0n) is 19.8. The maximum Gasteiger partial charge on any atom is 0.435 e. The van der Waals surface area contributed by atoms with E-state index in [-0.39, 0.29) is 52.3 Å². The third-order valence-electron chi connectivity index (χ3n) is 7.53. The molecule has 2 aliphatic rings. The van der Waals surface area contributed by atoms with Gasteiger partial charge in [-0.2, -0.15) is 18.3 Å². The molecule has 3 aromatic rings. The standard InChI is InChI=1S/C24H23Cl2F4N5O2/c1-34-20(21(36)31-14-3-4-16(27)15(25)7-14)19(32-22(34)26)11-5-12-9-23(37,10-13(12)6-11)18-8-17(24(28,29)30)33-35(18)2/h3-4,7-8,11-13,37H,5-6,9-10H2,1-2H3,(H,31,36). The second-order valence-corrected chi connectivity index (χ2v) is 10.7. The van der Waals surface area contributed by atoms with Gasteiger partial charge in [-0.25, -0.2) is 9.37 Å². The lowest BCUT2D eigenvalue weighted by Crippen LogP contribution is -2.26. The van der Waals surface area contributed by atoms with Crippen LogP contribution in [-0.2, 0) is 25.9 Å². The molecule has 2 heterocycles.